The molecule has 0 radical (unpaired) electrons. The van der Waals surface area contributed by atoms with Crippen molar-refractivity contribution in [3.63, 3.8) is 0 Å². The fourth-order valence-electron chi connectivity index (χ4n) is 3.55. The van der Waals surface area contributed by atoms with Crippen LogP contribution in [0.2, 0.25) is 5.02 Å². The number of piperazine rings is 1. The van der Waals surface area contributed by atoms with Gasteiger partial charge in [0, 0.05) is 55.7 Å². The molecule has 7 nitrogen and oxygen atoms in total. The van der Waals surface area contributed by atoms with Crippen LogP contribution in [0.15, 0.2) is 30.3 Å². The third-order valence-corrected chi connectivity index (χ3v) is 5.37. The van der Waals surface area contributed by atoms with Crippen LogP contribution in [0.25, 0.3) is 0 Å². The van der Waals surface area contributed by atoms with E-state index >= 15 is 0 Å². The van der Waals surface area contributed by atoms with Gasteiger partial charge in [-0.15, -0.1) is 0 Å². The number of ether oxygens (including phenoxy) is 1. The summed E-state index contributed by atoms with van der Waals surface area (Å²) in [5.41, 5.74) is 2.40. The number of rotatable bonds is 3. The summed E-state index contributed by atoms with van der Waals surface area (Å²) >= 11 is 5.97. The number of carbonyl (C=O) groups excluding carboxylic acids is 1. The molecule has 4 rings (SSSR count). The Bertz CT molecular complexity index is 831. The zero-order chi connectivity index (χ0) is 19.5. The van der Waals surface area contributed by atoms with Gasteiger partial charge < -0.3 is 19.4 Å². The molecule has 0 spiro atoms. The van der Waals surface area contributed by atoms with Gasteiger partial charge in [0.25, 0.3) is 5.91 Å². The molecule has 2 aliphatic heterocycles. The fourth-order valence-corrected chi connectivity index (χ4v) is 3.67. The minimum absolute atomic E-state index is 0.0317. The molecule has 1 aromatic heterocycles. The number of amides is 1. The van der Waals surface area contributed by atoms with E-state index in [2.05, 4.69) is 19.8 Å². The lowest BCUT2D eigenvalue weighted by molar-refractivity contribution is 0.0740. The van der Waals surface area contributed by atoms with Gasteiger partial charge in [-0.25, -0.2) is 9.97 Å². The van der Waals surface area contributed by atoms with Crippen molar-refractivity contribution in [1.82, 2.24) is 14.9 Å². The van der Waals surface area contributed by atoms with Crippen molar-refractivity contribution in [2.75, 3.05) is 62.3 Å². The van der Waals surface area contributed by atoms with Gasteiger partial charge in [-0.3, -0.25) is 4.79 Å². The van der Waals surface area contributed by atoms with Crippen LogP contribution in [0.5, 0.6) is 0 Å². The molecule has 8 heteroatoms. The first-order valence-electron chi connectivity index (χ1n) is 9.58. The number of halogens is 1. The third-order valence-electron chi connectivity index (χ3n) is 5.11. The van der Waals surface area contributed by atoms with Crippen molar-refractivity contribution >= 4 is 29.1 Å². The minimum atomic E-state index is -0.0317. The van der Waals surface area contributed by atoms with E-state index in [0.29, 0.717) is 37.9 Å². The van der Waals surface area contributed by atoms with Crippen LogP contribution in [0.4, 0.5) is 11.6 Å². The molecule has 0 unspecified atom stereocenters. The molecule has 2 aromatic rings. The van der Waals surface area contributed by atoms with E-state index in [-0.39, 0.29) is 5.91 Å². The highest BCUT2D eigenvalue weighted by atomic mass is 35.5. The van der Waals surface area contributed by atoms with Gasteiger partial charge in [0.15, 0.2) is 0 Å². The number of nitrogens with zero attached hydrogens (tertiary/aromatic N) is 5. The van der Waals surface area contributed by atoms with E-state index in [4.69, 9.17) is 16.3 Å². The standard InChI is InChI=1S/C20H24ClN5O2/c1-15-14-18(23-20(22-15)26-10-12-28-13-11-26)19(27)25-8-6-24(7-9-25)17-4-2-16(21)3-5-17/h2-5,14H,6-13H2,1H3. The molecule has 0 N–H and O–H groups in total. The molecule has 0 atom stereocenters. The maximum absolute atomic E-state index is 13.0. The number of morpholine rings is 1. The van der Waals surface area contributed by atoms with Crippen molar-refractivity contribution < 1.29 is 9.53 Å². The summed E-state index contributed by atoms with van der Waals surface area (Å²) in [5, 5.41) is 0.729. The van der Waals surface area contributed by atoms with Crippen LogP contribution in [-0.2, 0) is 4.74 Å². The van der Waals surface area contributed by atoms with E-state index in [1.807, 2.05) is 36.1 Å². The van der Waals surface area contributed by atoms with Crippen molar-refractivity contribution in [2.45, 2.75) is 6.92 Å². The van der Waals surface area contributed by atoms with Crippen LogP contribution in [0.3, 0.4) is 0 Å². The first-order chi connectivity index (χ1) is 13.6. The van der Waals surface area contributed by atoms with Crippen LogP contribution in [0.1, 0.15) is 16.2 Å². The lowest BCUT2D eigenvalue weighted by Gasteiger charge is -2.36. The number of aromatic nitrogens is 2. The molecule has 28 heavy (non-hydrogen) atoms. The van der Waals surface area contributed by atoms with Crippen molar-refractivity contribution in [3.05, 3.63) is 46.7 Å². The molecular formula is C20H24ClN5O2. The molecule has 0 aliphatic carbocycles. The van der Waals surface area contributed by atoms with Crippen molar-refractivity contribution in [2.24, 2.45) is 0 Å². The molecule has 2 aliphatic rings. The number of anilines is 2. The van der Waals surface area contributed by atoms with Gasteiger partial charge >= 0.3 is 0 Å². The minimum Gasteiger partial charge on any atom is -0.378 e. The topological polar surface area (TPSA) is 61.8 Å². The lowest BCUT2D eigenvalue weighted by Crippen LogP contribution is -2.49. The molecule has 0 saturated carbocycles. The summed E-state index contributed by atoms with van der Waals surface area (Å²) in [6.45, 7) is 7.62. The normalized spacial score (nSPS) is 17.7. The Labute approximate surface area is 169 Å². The smallest absolute Gasteiger partial charge is 0.272 e. The average molecular weight is 402 g/mol. The second-order valence-electron chi connectivity index (χ2n) is 7.05. The monoisotopic (exact) mass is 401 g/mol. The zero-order valence-electron chi connectivity index (χ0n) is 16.0. The van der Waals surface area contributed by atoms with Gasteiger partial charge in [-0.05, 0) is 37.3 Å². The molecule has 2 fully saturated rings. The summed E-state index contributed by atoms with van der Waals surface area (Å²) < 4.78 is 5.39. The van der Waals surface area contributed by atoms with Gasteiger partial charge in [0.05, 0.1) is 13.2 Å². The molecule has 148 valence electrons. The van der Waals surface area contributed by atoms with Gasteiger partial charge in [-0.1, -0.05) is 11.6 Å². The van der Waals surface area contributed by atoms with Gasteiger partial charge in [0.1, 0.15) is 5.69 Å². The maximum Gasteiger partial charge on any atom is 0.272 e. The summed E-state index contributed by atoms with van der Waals surface area (Å²) in [7, 11) is 0. The van der Waals surface area contributed by atoms with Crippen molar-refractivity contribution in [3.8, 4) is 0 Å². The predicted molar refractivity (Wildman–Crippen MR) is 109 cm³/mol. The Morgan fingerprint density at radius 2 is 1.64 bits per heavy atom. The van der Waals surface area contributed by atoms with Crippen LogP contribution in [-0.4, -0.2) is 73.3 Å². The summed E-state index contributed by atoms with van der Waals surface area (Å²) in [4.78, 5) is 28.3. The van der Waals surface area contributed by atoms with Gasteiger partial charge in [-0.2, -0.15) is 0 Å². The number of carbonyl (C=O) groups is 1. The zero-order valence-corrected chi connectivity index (χ0v) is 16.7. The fraction of sp³-hybridized carbons (Fsp3) is 0.450. The number of hydrogen-bond acceptors (Lipinski definition) is 6. The number of aryl methyl sites for hydroxylation is 1. The van der Waals surface area contributed by atoms with E-state index in [9.17, 15) is 4.79 Å². The molecule has 2 saturated heterocycles. The first-order valence-corrected chi connectivity index (χ1v) is 9.96. The number of benzene rings is 1. The van der Waals surface area contributed by atoms with E-state index in [0.717, 1.165) is 42.6 Å². The largest absolute Gasteiger partial charge is 0.378 e. The first kappa shape index (κ1) is 19.0. The Morgan fingerprint density at radius 1 is 0.964 bits per heavy atom. The second kappa shape index (κ2) is 8.32. The highest BCUT2D eigenvalue weighted by Gasteiger charge is 2.25. The quantitative estimate of drug-likeness (QED) is 0.786. The van der Waals surface area contributed by atoms with Crippen LogP contribution >= 0.6 is 11.6 Å². The van der Waals surface area contributed by atoms with Crippen molar-refractivity contribution in [1.29, 1.82) is 0 Å². The Hall–Kier alpha value is -2.38. The SMILES string of the molecule is Cc1cc(C(=O)N2CCN(c3ccc(Cl)cc3)CC2)nc(N2CCOCC2)n1. The Balaban J connectivity index is 1.43. The number of hydrogen-bond donors (Lipinski definition) is 0. The molecule has 1 amide bonds. The Morgan fingerprint density at radius 3 is 2.32 bits per heavy atom. The molecular weight excluding hydrogens is 378 g/mol. The average Bonchev–Trinajstić information content (AvgIpc) is 2.74. The highest BCUT2D eigenvalue weighted by Crippen LogP contribution is 2.20. The summed E-state index contributed by atoms with van der Waals surface area (Å²) in [5.74, 6) is 0.585. The third kappa shape index (κ3) is 4.20. The lowest BCUT2D eigenvalue weighted by atomic mass is 10.2. The van der Waals surface area contributed by atoms with E-state index in [1.165, 1.54) is 0 Å². The van der Waals surface area contributed by atoms with Gasteiger partial charge in [0.2, 0.25) is 5.95 Å². The van der Waals surface area contributed by atoms with E-state index in [1.54, 1.807) is 6.07 Å². The van der Waals surface area contributed by atoms with Crippen LogP contribution in [0, 0.1) is 6.92 Å². The molecule has 3 heterocycles. The molecule has 0 bridgehead atoms. The van der Waals surface area contributed by atoms with E-state index < -0.39 is 0 Å². The Kier molecular flexibility index (Phi) is 5.64. The van der Waals surface area contributed by atoms with Crippen LogP contribution < -0.4 is 9.80 Å². The summed E-state index contributed by atoms with van der Waals surface area (Å²) in [6.07, 6.45) is 0. The second-order valence-corrected chi connectivity index (χ2v) is 7.49. The maximum atomic E-state index is 13.0. The summed E-state index contributed by atoms with van der Waals surface area (Å²) in [6, 6.07) is 9.60. The predicted octanol–water partition coefficient (Wildman–Crippen LogP) is 2.24. The molecule has 1 aromatic carbocycles. The highest BCUT2D eigenvalue weighted by molar-refractivity contribution is 6.30.